The van der Waals surface area contributed by atoms with E-state index in [1.54, 1.807) is 30.5 Å². The number of amides is 1. The van der Waals surface area contributed by atoms with Crippen molar-refractivity contribution in [2.24, 2.45) is 0 Å². The highest BCUT2D eigenvalue weighted by Gasteiger charge is 2.06. The van der Waals surface area contributed by atoms with E-state index in [2.05, 4.69) is 16.5 Å². The molecule has 2 rings (SSSR count). The first-order valence-electron chi connectivity index (χ1n) is 6.48. The number of benzene rings is 1. The van der Waals surface area contributed by atoms with Gasteiger partial charge in [0, 0.05) is 24.9 Å². The van der Waals surface area contributed by atoms with Crippen LogP contribution in [0.25, 0.3) is 0 Å². The standard InChI is InChI=1S/C15H16N4O/c1-12-8-9-17-19(12)10-4-7-15(20)18-14-6-3-2-5-13(14)11-16/h2-3,5-6,8-9H,4,7,10H2,1H3,(H,18,20). The fraction of sp³-hybridized carbons (Fsp3) is 0.267. The zero-order valence-corrected chi connectivity index (χ0v) is 11.3. The van der Waals surface area contributed by atoms with Crippen LogP contribution in [0.4, 0.5) is 5.69 Å². The highest BCUT2D eigenvalue weighted by atomic mass is 16.1. The number of nitrogens with one attached hydrogen (secondary N) is 1. The lowest BCUT2D eigenvalue weighted by Crippen LogP contribution is -2.13. The van der Waals surface area contributed by atoms with Gasteiger partial charge in [-0.25, -0.2) is 0 Å². The second-order valence-corrected chi connectivity index (χ2v) is 4.50. The Morgan fingerprint density at radius 1 is 1.40 bits per heavy atom. The quantitative estimate of drug-likeness (QED) is 0.905. The van der Waals surface area contributed by atoms with Gasteiger partial charge in [-0.15, -0.1) is 0 Å². The molecule has 0 saturated carbocycles. The minimum Gasteiger partial charge on any atom is -0.325 e. The van der Waals surface area contributed by atoms with Crippen LogP contribution in [0.1, 0.15) is 24.1 Å². The number of aromatic nitrogens is 2. The second kappa shape index (κ2) is 6.53. The van der Waals surface area contributed by atoms with Crippen LogP contribution in [0.15, 0.2) is 36.5 Å². The van der Waals surface area contributed by atoms with Crippen LogP contribution in [-0.2, 0) is 11.3 Å². The van der Waals surface area contributed by atoms with Crippen molar-refractivity contribution in [2.45, 2.75) is 26.3 Å². The number of aryl methyl sites for hydroxylation is 2. The van der Waals surface area contributed by atoms with Crippen molar-refractivity contribution in [2.75, 3.05) is 5.32 Å². The fourth-order valence-corrected chi connectivity index (χ4v) is 1.92. The van der Waals surface area contributed by atoms with Gasteiger partial charge in [0.1, 0.15) is 6.07 Å². The third-order valence-corrected chi connectivity index (χ3v) is 3.02. The Morgan fingerprint density at radius 3 is 2.90 bits per heavy atom. The van der Waals surface area contributed by atoms with E-state index in [-0.39, 0.29) is 5.91 Å². The monoisotopic (exact) mass is 268 g/mol. The zero-order valence-electron chi connectivity index (χ0n) is 11.3. The first-order valence-corrected chi connectivity index (χ1v) is 6.48. The molecule has 5 nitrogen and oxygen atoms in total. The number of anilines is 1. The average molecular weight is 268 g/mol. The predicted octanol–water partition coefficient (Wildman–Crippen LogP) is 2.48. The maximum absolute atomic E-state index is 11.8. The minimum absolute atomic E-state index is 0.0856. The van der Waals surface area contributed by atoms with E-state index in [0.29, 0.717) is 30.6 Å². The van der Waals surface area contributed by atoms with E-state index < -0.39 is 0 Å². The number of hydrogen-bond acceptors (Lipinski definition) is 3. The van der Waals surface area contributed by atoms with Crippen molar-refractivity contribution in [3.8, 4) is 6.07 Å². The number of hydrogen-bond donors (Lipinski definition) is 1. The van der Waals surface area contributed by atoms with Gasteiger partial charge in [0.25, 0.3) is 0 Å². The van der Waals surface area contributed by atoms with E-state index in [1.807, 2.05) is 17.7 Å². The van der Waals surface area contributed by atoms with Gasteiger partial charge in [-0.2, -0.15) is 10.4 Å². The second-order valence-electron chi connectivity index (χ2n) is 4.50. The number of nitrogens with zero attached hydrogens (tertiary/aromatic N) is 3. The number of rotatable bonds is 5. The Hall–Kier alpha value is -2.61. The van der Waals surface area contributed by atoms with E-state index in [0.717, 1.165) is 5.69 Å². The first-order chi connectivity index (χ1) is 9.70. The summed E-state index contributed by atoms with van der Waals surface area (Å²) in [6.45, 7) is 2.70. The van der Waals surface area contributed by atoms with E-state index in [9.17, 15) is 4.79 Å². The highest BCUT2D eigenvalue weighted by Crippen LogP contribution is 2.14. The smallest absolute Gasteiger partial charge is 0.224 e. The molecule has 2 aromatic rings. The molecule has 1 amide bonds. The van der Waals surface area contributed by atoms with Crippen LogP contribution in [0.5, 0.6) is 0 Å². The van der Waals surface area contributed by atoms with E-state index in [1.165, 1.54) is 0 Å². The highest BCUT2D eigenvalue weighted by molar-refractivity contribution is 5.92. The third-order valence-electron chi connectivity index (χ3n) is 3.02. The molecular formula is C15H16N4O. The Labute approximate surface area is 117 Å². The summed E-state index contributed by atoms with van der Waals surface area (Å²) < 4.78 is 1.87. The van der Waals surface area contributed by atoms with Crippen LogP contribution < -0.4 is 5.32 Å². The lowest BCUT2D eigenvalue weighted by Gasteiger charge is -2.07. The van der Waals surface area contributed by atoms with Crippen LogP contribution in [-0.4, -0.2) is 15.7 Å². The van der Waals surface area contributed by atoms with Gasteiger partial charge < -0.3 is 5.32 Å². The molecule has 0 fully saturated rings. The Balaban J connectivity index is 1.84. The van der Waals surface area contributed by atoms with Crippen molar-refractivity contribution in [3.05, 3.63) is 47.8 Å². The largest absolute Gasteiger partial charge is 0.325 e. The molecule has 102 valence electrons. The summed E-state index contributed by atoms with van der Waals surface area (Å²) in [6.07, 6.45) is 2.86. The summed E-state index contributed by atoms with van der Waals surface area (Å²) in [5.41, 5.74) is 2.12. The van der Waals surface area contributed by atoms with Gasteiger partial charge in [-0.05, 0) is 31.5 Å². The van der Waals surface area contributed by atoms with Crippen molar-refractivity contribution in [1.82, 2.24) is 9.78 Å². The van der Waals surface area contributed by atoms with Crippen molar-refractivity contribution in [1.29, 1.82) is 5.26 Å². The molecule has 20 heavy (non-hydrogen) atoms. The van der Waals surface area contributed by atoms with E-state index in [4.69, 9.17) is 5.26 Å². The first kappa shape index (κ1) is 13.8. The Kier molecular flexibility index (Phi) is 4.51. The van der Waals surface area contributed by atoms with E-state index >= 15 is 0 Å². The minimum atomic E-state index is -0.0856. The summed E-state index contributed by atoms with van der Waals surface area (Å²) >= 11 is 0. The normalized spacial score (nSPS) is 10.0. The van der Waals surface area contributed by atoms with Gasteiger partial charge >= 0.3 is 0 Å². The Bertz CT molecular complexity index is 639. The van der Waals surface area contributed by atoms with Gasteiger partial charge in [0.05, 0.1) is 11.3 Å². The molecule has 1 aromatic carbocycles. The molecule has 5 heteroatoms. The molecule has 0 spiro atoms. The molecule has 1 aromatic heterocycles. The molecule has 0 aliphatic carbocycles. The van der Waals surface area contributed by atoms with Crippen molar-refractivity contribution >= 4 is 11.6 Å². The molecule has 1 N–H and O–H groups in total. The van der Waals surface area contributed by atoms with Gasteiger partial charge in [-0.3, -0.25) is 9.48 Å². The lowest BCUT2D eigenvalue weighted by molar-refractivity contribution is -0.116. The topological polar surface area (TPSA) is 70.7 Å². The van der Waals surface area contributed by atoms with Gasteiger partial charge in [-0.1, -0.05) is 12.1 Å². The third kappa shape index (κ3) is 3.45. The number of carbonyl (C=O) groups excluding carboxylic acids is 1. The van der Waals surface area contributed by atoms with Crippen LogP contribution in [0.2, 0.25) is 0 Å². The number of para-hydroxylation sites is 1. The lowest BCUT2D eigenvalue weighted by atomic mass is 10.2. The van der Waals surface area contributed by atoms with Crippen molar-refractivity contribution < 1.29 is 4.79 Å². The predicted molar refractivity (Wildman–Crippen MR) is 76.0 cm³/mol. The summed E-state index contributed by atoms with van der Waals surface area (Å²) in [5.74, 6) is -0.0856. The summed E-state index contributed by atoms with van der Waals surface area (Å²) in [7, 11) is 0. The summed E-state index contributed by atoms with van der Waals surface area (Å²) in [6, 6.07) is 11.0. The average Bonchev–Trinajstić information content (AvgIpc) is 2.85. The molecule has 1 heterocycles. The Morgan fingerprint density at radius 2 is 2.20 bits per heavy atom. The molecular weight excluding hydrogens is 252 g/mol. The molecule has 0 bridgehead atoms. The maximum atomic E-state index is 11.8. The van der Waals surface area contributed by atoms with Crippen LogP contribution in [0, 0.1) is 18.3 Å². The zero-order chi connectivity index (χ0) is 14.4. The van der Waals surface area contributed by atoms with Crippen LogP contribution in [0.3, 0.4) is 0 Å². The maximum Gasteiger partial charge on any atom is 0.224 e. The van der Waals surface area contributed by atoms with Gasteiger partial charge in [0.15, 0.2) is 0 Å². The van der Waals surface area contributed by atoms with Crippen molar-refractivity contribution in [3.63, 3.8) is 0 Å². The molecule has 0 aliphatic rings. The molecule has 0 unspecified atom stereocenters. The number of carbonyl (C=O) groups is 1. The summed E-state index contributed by atoms with van der Waals surface area (Å²) in [4.78, 5) is 11.8. The summed E-state index contributed by atoms with van der Waals surface area (Å²) in [5, 5.41) is 15.9. The number of nitriles is 1. The SMILES string of the molecule is Cc1ccnn1CCCC(=O)Nc1ccccc1C#N. The molecule has 0 aliphatic heterocycles. The van der Waals surface area contributed by atoms with Gasteiger partial charge in [0.2, 0.25) is 5.91 Å². The molecule has 0 radical (unpaired) electrons. The fourth-order valence-electron chi connectivity index (χ4n) is 1.92. The van der Waals surface area contributed by atoms with Crippen LogP contribution >= 0.6 is 0 Å². The molecule has 0 atom stereocenters. The molecule has 0 saturated heterocycles.